The Labute approximate surface area is 144 Å². The molecule has 0 spiro atoms. The first-order valence-electron chi connectivity index (χ1n) is 7.93. The highest BCUT2D eigenvalue weighted by molar-refractivity contribution is 5.98. The second-order valence-electron chi connectivity index (χ2n) is 5.17. The molecule has 2 rings (SSSR count). The summed E-state index contributed by atoms with van der Waals surface area (Å²) in [5, 5.41) is 2.27. The SMILES string of the molecule is CCOC(=O)CNC(=O)NNC(=O)c1ccc2c(c1)nc(C)n2CC. The third-order valence-electron chi connectivity index (χ3n) is 3.51. The van der Waals surface area contributed by atoms with Crippen LogP contribution in [-0.2, 0) is 16.1 Å². The maximum absolute atomic E-state index is 12.1. The molecule has 0 saturated heterocycles. The molecule has 0 saturated carbocycles. The number of urea groups is 1. The number of amides is 3. The summed E-state index contributed by atoms with van der Waals surface area (Å²) in [6.45, 7) is 6.33. The molecule has 2 aromatic rings. The van der Waals surface area contributed by atoms with Crippen LogP contribution in [-0.4, -0.2) is 40.6 Å². The minimum Gasteiger partial charge on any atom is -0.465 e. The summed E-state index contributed by atoms with van der Waals surface area (Å²) in [5.41, 5.74) is 6.45. The van der Waals surface area contributed by atoms with Gasteiger partial charge in [-0.15, -0.1) is 0 Å². The number of esters is 1. The van der Waals surface area contributed by atoms with Gasteiger partial charge in [0.15, 0.2) is 0 Å². The zero-order valence-electron chi connectivity index (χ0n) is 14.4. The lowest BCUT2D eigenvalue weighted by Crippen LogP contribution is -2.48. The third kappa shape index (κ3) is 4.46. The molecule has 0 atom stereocenters. The summed E-state index contributed by atoms with van der Waals surface area (Å²) in [6, 6.07) is 4.41. The molecule has 0 aliphatic carbocycles. The molecule has 1 aromatic carbocycles. The number of hydrogen-bond donors (Lipinski definition) is 3. The molecule has 0 fully saturated rings. The molecular formula is C16H21N5O4. The quantitative estimate of drug-likeness (QED) is 0.548. The van der Waals surface area contributed by atoms with Crippen LogP contribution in [0.2, 0.25) is 0 Å². The molecule has 9 heteroatoms. The molecule has 1 heterocycles. The molecule has 134 valence electrons. The Balaban J connectivity index is 1.93. The van der Waals surface area contributed by atoms with Gasteiger partial charge < -0.3 is 14.6 Å². The van der Waals surface area contributed by atoms with Crippen LogP contribution < -0.4 is 16.2 Å². The van der Waals surface area contributed by atoms with E-state index in [9.17, 15) is 14.4 Å². The molecule has 25 heavy (non-hydrogen) atoms. The van der Waals surface area contributed by atoms with Gasteiger partial charge in [-0.3, -0.25) is 15.0 Å². The average Bonchev–Trinajstić information content (AvgIpc) is 2.92. The van der Waals surface area contributed by atoms with Gasteiger partial charge in [0, 0.05) is 12.1 Å². The number of nitrogens with zero attached hydrogens (tertiary/aromatic N) is 2. The van der Waals surface area contributed by atoms with E-state index in [1.54, 1.807) is 19.1 Å². The van der Waals surface area contributed by atoms with E-state index >= 15 is 0 Å². The summed E-state index contributed by atoms with van der Waals surface area (Å²) in [5.74, 6) is -0.181. The first kappa shape index (κ1) is 18.2. The van der Waals surface area contributed by atoms with Crippen molar-refractivity contribution in [3.63, 3.8) is 0 Å². The van der Waals surface area contributed by atoms with Crippen LogP contribution in [0, 0.1) is 6.92 Å². The van der Waals surface area contributed by atoms with Crippen LogP contribution in [0.3, 0.4) is 0 Å². The first-order chi connectivity index (χ1) is 12.0. The lowest BCUT2D eigenvalue weighted by Gasteiger charge is -2.09. The minimum absolute atomic E-state index is 0.231. The van der Waals surface area contributed by atoms with Crippen LogP contribution >= 0.6 is 0 Å². The third-order valence-corrected chi connectivity index (χ3v) is 3.51. The number of carbonyl (C=O) groups is 3. The van der Waals surface area contributed by atoms with E-state index < -0.39 is 17.9 Å². The Bertz CT molecular complexity index is 799. The second kappa shape index (κ2) is 8.13. The van der Waals surface area contributed by atoms with E-state index in [0.717, 1.165) is 17.9 Å². The number of nitrogens with one attached hydrogen (secondary N) is 3. The average molecular weight is 347 g/mol. The summed E-state index contributed by atoms with van der Waals surface area (Å²) in [4.78, 5) is 39.2. The van der Waals surface area contributed by atoms with Crippen LogP contribution in [0.1, 0.15) is 30.0 Å². The predicted molar refractivity (Wildman–Crippen MR) is 90.8 cm³/mol. The maximum Gasteiger partial charge on any atom is 0.333 e. The van der Waals surface area contributed by atoms with Crippen molar-refractivity contribution in [3.8, 4) is 0 Å². The number of carbonyl (C=O) groups excluding carboxylic acids is 3. The van der Waals surface area contributed by atoms with Crippen molar-refractivity contribution in [3.05, 3.63) is 29.6 Å². The highest BCUT2D eigenvalue weighted by Gasteiger charge is 2.12. The van der Waals surface area contributed by atoms with Gasteiger partial charge in [-0.05, 0) is 39.0 Å². The summed E-state index contributed by atoms with van der Waals surface area (Å²) >= 11 is 0. The number of hydrogen-bond acceptors (Lipinski definition) is 5. The minimum atomic E-state index is -0.714. The molecule has 9 nitrogen and oxygen atoms in total. The highest BCUT2D eigenvalue weighted by atomic mass is 16.5. The van der Waals surface area contributed by atoms with E-state index in [2.05, 4.69) is 25.9 Å². The number of aryl methyl sites for hydroxylation is 2. The van der Waals surface area contributed by atoms with Gasteiger partial charge in [-0.2, -0.15) is 0 Å². The number of rotatable bonds is 5. The van der Waals surface area contributed by atoms with E-state index in [-0.39, 0.29) is 13.2 Å². The Kier molecular flexibility index (Phi) is 5.93. The fourth-order valence-electron chi connectivity index (χ4n) is 2.38. The van der Waals surface area contributed by atoms with Crippen molar-refractivity contribution < 1.29 is 19.1 Å². The van der Waals surface area contributed by atoms with E-state index in [1.165, 1.54) is 0 Å². The van der Waals surface area contributed by atoms with Crippen molar-refractivity contribution in [1.82, 2.24) is 25.7 Å². The van der Waals surface area contributed by atoms with Gasteiger partial charge in [-0.1, -0.05) is 0 Å². The van der Waals surface area contributed by atoms with Gasteiger partial charge in [0.1, 0.15) is 12.4 Å². The van der Waals surface area contributed by atoms with Crippen molar-refractivity contribution in [1.29, 1.82) is 0 Å². The summed E-state index contributed by atoms with van der Waals surface area (Å²) < 4.78 is 6.71. The predicted octanol–water partition coefficient (Wildman–Crippen LogP) is 0.872. The molecule has 1 aromatic heterocycles. The lowest BCUT2D eigenvalue weighted by atomic mass is 10.2. The van der Waals surface area contributed by atoms with Crippen LogP contribution in [0.15, 0.2) is 18.2 Å². The Morgan fingerprint density at radius 3 is 2.64 bits per heavy atom. The lowest BCUT2D eigenvalue weighted by molar-refractivity contribution is -0.141. The van der Waals surface area contributed by atoms with Crippen LogP contribution in [0.4, 0.5) is 4.79 Å². The fourth-order valence-corrected chi connectivity index (χ4v) is 2.38. The largest absolute Gasteiger partial charge is 0.465 e. The number of benzene rings is 1. The van der Waals surface area contributed by atoms with Gasteiger partial charge >= 0.3 is 12.0 Å². The summed E-state index contributed by atoms with van der Waals surface area (Å²) in [7, 11) is 0. The molecular weight excluding hydrogens is 326 g/mol. The van der Waals surface area contributed by atoms with E-state index in [1.807, 2.05) is 24.5 Å². The van der Waals surface area contributed by atoms with Gasteiger partial charge in [-0.25, -0.2) is 15.2 Å². The molecule has 3 amide bonds. The molecule has 0 aliphatic heterocycles. The Hall–Kier alpha value is -3.10. The standard InChI is InChI=1S/C16H21N5O4/c1-4-21-10(3)18-12-8-11(6-7-13(12)21)15(23)19-20-16(24)17-9-14(22)25-5-2/h6-8H,4-5,9H2,1-3H3,(H,19,23)(H2,17,20,24). The Morgan fingerprint density at radius 2 is 1.96 bits per heavy atom. The van der Waals surface area contributed by atoms with Crippen molar-refractivity contribution in [2.75, 3.05) is 13.2 Å². The van der Waals surface area contributed by atoms with Crippen molar-refractivity contribution >= 4 is 28.9 Å². The van der Waals surface area contributed by atoms with Crippen molar-refractivity contribution in [2.45, 2.75) is 27.3 Å². The maximum atomic E-state index is 12.1. The fraction of sp³-hybridized carbons (Fsp3) is 0.375. The van der Waals surface area contributed by atoms with Gasteiger partial charge in [0.25, 0.3) is 5.91 Å². The molecule has 0 unspecified atom stereocenters. The first-order valence-corrected chi connectivity index (χ1v) is 7.93. The molecule has 0 radical (unpaired) electrons. The number of ether oxygens (including phenoxy) is 1. The molecule has 0 aliphatic rings. The van der Waals surface area contributed by atoms with E-state index in [0.29, 0.717) is 11.1 Å². The monoisotopic (exact) mass is 347 g/mol. The normalized spacial score (nSPS) is 10.4. The summed E-state index contributed by atoms with van der Waals surface area (Å²) in [6.07, 6.45) is 0. The van der Waals surface area contributed by atoms with Gasteiger partial charge in [0.05, 0.1) is 17.6 Å². The topological polar surface area (TPSA) is 114 Å². The highest BCUT2D eigenvalue weighted by Crippen LogP contribution is 2.17. The van der Waals surface area contributed by atoms with Crippen LogP contribution in [0.5, 0.6) is 0 Å². The van der Waals surface area contributed by atoms with Gasteiger partial charge in [0.2, 0.25) is 0 Å². The zero-order chi connectivity index (χ0) is 18.4. The number of fused-ring (bicyclic) bond motifs is 1. The van der Waals surface area contributed by atoms with Crippen LogP contribution in [0.25, 0.3) is 11.0 Å². The van der Waals surface area contributed by atoms with Crippen molar-refractivity contribution in [2.24, 2.45) is 0 Å². The molecule has 0 bridgehead atoms. The number of aromatic nitrogens is 2. The number of imidazole rings is 1. The Morgan fingerprint density at radius 1 is 1.20 bits per heavy atom. The molecule has 3 N–H and O–H groups in total. The second-order valence-corrected chi connectivity index (χ2v) is 5.17. The van der Waals surface area contributed by atoms with E-state index in [4.69, 9.17) is 0 Å². The zero-order valence-corrected chi connectivity index (χ0v) is 14.4. The smallest absolute Gasteiger partial charge is 0.333 e. The number of hydrazine groups is 1.